The van der Waals surface area contributed by atoms with E-state index in [4.69, 9.17) is 0 Å². The highest BCUT2D eigenvalue weighted by molar-refractivity contribution is 7.86. The lowest BCUT2D eigenvalue weighted by Crippen LogP contribution is -2.32. The molecule has 0 aromatic carbocycles. The molecule has 0 radical (unpaired) electrons. The Morgan fingerprint density at radius 2 is 1.68 bits per heavy atom. The van der Waals surface area contributed by atoms with Gasteiger partial charge in [-0.3, -0.25) is 8.98 Å². The van der Waals surface area contributed by atoms with Gasteiger partial charge in [0.25, 0.3) is 10.1 Å². The van der Waals surface area contributed by atoms with Crippen LogP contribution in [0.1, 0.15) is 6.42 Å². The van der Waals surface area contributed by atoms with Crippen molar-refractivity contribution in [2.75, 3.05) is 19.5 Å². The summed E-state index contributed by atoms with van der Waals surface area (Å²) >= 11 is 0. The number of esters is 2. The second kappa shape index (κ2) is 8.44. The van der Waals surface area contributed by atoms with Crippen LogP contribution in [0.5, 0.6) is 0 Å². The normalized spacial score (nSPS) is 12.3. The summed E-state index contributed by atoms with van der Waals surface area (Å²) in [6.45, 7) is 6.50. The first-order valence-corrected chi connectivity index (χ1v) is 7.04. The molecular weight excluding hydrogens is 276 g/mol. The number of rotatable bonds is 9. The van der Waals surface area contributed by atoms with Gasteiger partial charge in [-0.25, -0.2) is 4.79 Å². The Kier molecular flexibility index (Phi) is 7.69. The monoisotopic (exact) mass is 292 g/mol. The maximum absolute atomic E-state index is 11.5. The summed E-state index contributed by atoms with van der Waals surface area (Å²) in [6, 6.07) is 0. The van der Waals surface area contributed by atoms with Crippen LogP contribution in [0.2, 0.25) is 0 Å². The van der Waals surface area contributed by atoms with Crippen LogP contribution in [0.3, 0.4) is 0 Å². The van der Waals surface area contributed by atoms with Crippen molar-refractivity contribution in [1.29, 1.82) is 0 Å². The van der Waals surface area contributed by atoms with Crippen LogP contribution in [-0.2, 0) is 33.4 Å². The third-order valence-electron chi connectivity index (χ3n) is 1.61. The van der Waals surface area contributed by atoms with Crippen LogP contribution in [0.15, 0.2) is 25.3 Å². The molecule has 7 nitrogen and oxygen atoms in total. The highest BCUT2D eigenvalue weighted by Gasteiger charge is 2.28. The van der Waals surface area contributed by atoms with E-state index < -0.39 is 34.6 Å². The van der Waals surface area contributed by atoms with Crippen LogP contribution in [0, 0.1) is 0 Å². The summed E-state index contributed by atoms with van der Waals surface area (Å²) in [4.78, 5) is 22.8. The topological polar surface area (TPSA) is 96.0 Å². The van der Waals surface area contributed by atoms with E-state index in [9.17, 15) is 18.0 Å². The molecule has 0 bridgehead atoms. The summed E-state index contributed by atoms with van der Waals surface area (Å²) in [7, 11) is -3.91. The van der Waals surface area contributed by atoms with Crippen LogP contribution in [-0.4, -0.2) is 45.9 Å². The van der Waals surface area contributed by atoms with E-state index in [-0.39, 0.29) is 13.2 Å². The van der Waals surface area contributed by atoms with Gasteiger partial charge in [0.1, 0.15) is 13.2 Å². The molecule has 108 valence electrons. The predicted molar refractivity (Wildman–Crippen MR) is 66.6 cm³/mol. The molecule has 19 heavy (non-hydrogen) atoms. The Labute approximate surface area is 112 Å². The second-order valence-electron chi connectivity index (χ2n) is 3.38. The van der Waals surface area contributed by atoms with Crippen LogP contribution in [0.4, 0.5) is 0 Å². The van der Waals surface area contributed by atoms with E-state index in [1.807, 2.05) is 0 Å². The van der Waals surface area contributed by atoms with E-state index in [1.54, 1.807) is 0 Å². The minimum atomic E-state index is -3.91. The summed E-state index contributed by atoms with van der Waals surface area (Å²) in [5.41, 5.74) is 0. The van der Waals surface area contributed by atoms with Crippen LogP contribution in [0.25, 0.3) is 0 Å². The van der Waals surface area contributed by atoms with E-state index >= 15 is 0 Å². The smallest absolute Gasteiger partial charge is 0.337 e. The first-order chi connectivity index (χ1) is 8.80. The number of carbonyl (C=O) groups is 2. The Hall–Kier alpha value is -1.67. The minimum absolute atomic E-state index is 0.0495. The van der Waals surface area contributed by atoms with Crippen molar-refractivity contribution in [3.05, 3.63) is 25.3 Å². The van der Waals surface area contributed by atoms with Crippen molar-refractivity contribution >= 4 is 22.1 Å². The molecule has 0 N–H and O–H groups in total. The lowest BCUT2D eigenvalue weighted by atomic mass is 10.2. The van der Waals surface area contributed by atoms with Gasteiger partial charge in [-0.1, -0.05) is 25.3 Å². The first kappa shape index (κ1) is 17.3. The molecule has 0 aromatic heterocycles. The average molecular weight is 292 g/mol. The molecule has 0 rings (SSSR count). The summed E-state index contributed by atoms with van der Waals surface area (Å²) in [5.74, 6) is -1.79. The number of ether oxygens (including phenoxy) is 2. The Bertz CT molecular complexity index is 438. The molecule has 0 aliphatic rings. The van der Waals surface area contributed by atoms with Crippen molar-refractivity contribution in [1.82, 2.24) is 0 Å². The van der Waals surface area contributed by atoms with E-state index in [0.717, 1.165) is 6.26 Å². The third-order valence-corrected chi connectivity index (χ3v) is 2.19. The van der Waals surface area contributed by atoms with Crippen molar-refractivity contribution < 1.29 is 31.7 Å². The fourth-order valence-corrected chi connectivity index (χ4v) is 1.53. The van der Waals surface area contributed by atoms with Gasteiger partial charge >= 0.3 is 11.9 Å². The molecule has 0 aliphatic heterocycles. The summed E-state index contributed by atoms with van der Waals surface area (Å²) in [5, 5.41) is 0. The van der Waals surface area contributed by atoms with Gasteiger partial charge < -0.3 is 9.47 Å². The van der Waals surface area contributed by atoms with E-state index in [0.29, 0.717) is 0 Å². The maximum Gasteiger partial charge on any atom is 0.337 e. The standard InChI is InChI=1S/C11H16O7S/c1-4-6-16-10(12)8-9(18-19(3,14)15)11(13)17-7-5-2/h4-5,9H,1-2,6-8H2,3H3. The molecular formula is C11H16O7S. The van der Waals surface area contributed by atoms with Crippen LogP contribution < -0.4 is 0 Å². The molecule has 0 amide bonds. The summed E-state index contributed by atoms with van der Waals surface area (Å²) < 4.78 is 35.7. The third kappa shape index (κ3) is 8.97. The second-order valence-corrected chi connectivity index (χ2v) is 4.98. The van der Waals surface area contributed by atoms with Crippen molar-refractivity contribution in [3.63, 3.8) is 0 Å². The number of hydrogen-bond acceptors (Lipinski definition) is 7. The van der Waals surface area contributed by atoms with Gasteiger partial charge in [-0.15, -0.1) is 0 Å². The van der Waals surface area contributed by atoms with Crippen molar-refractivity contribution in [2.45, 2.75) is 12.5 Å². The molecule has 0 saturated heterocycles. The first-order valence-electron chi connectivity index (χ1n) is 5.22. The molecule has 0 spiro atoms. The fraction of sp³-hybridized carbons (Fsp3) is 0.455. The van der Waals surface area contributed by atoms with E-state index in [2.05, 4.69) is 26.8 Å². The molecule has 1 atom stereocenters. The van der Waals surface area contributed by atoms with Crippen molar-refractivity contribution in [2.24, 2.45) is 0 Å². The molecule has 1 unspecified atom stereocenters. The highest BCUT2D eigenvalue weighted by Crippen LogP contribution is 2.07. The Morgan fingerprint density at radius 3 is 2.16 bits per heavy atom. The van der Waals surface area contributed by atoms with Gasteiger partial charge in [0.15, 0.2) is 6.10 Å². The lowest BCUT2D eigenvalue weighted by molar-refractivity contribution is -0.157. The molecule has 0 aromatic rings. The van der Waals surface area contributed by atoms with Gasteiger partial charge in [0.2, 0.25) is 0 Å². The molecule has 0 fully saturated rings. The lowest BCUT2D eigenvalue weighted by Gasteiger charge is -2.14. The SMILES string of the molecule is C=CCOC(=O)CC(OS(C)(=O)=O)C(=O)OCC=C. The predicted octanol–water partition coefficient (Wildman–Crippen LogP) is 0.180. The largest absolute Gasteiger partial charge is 0.461 e. The van der Waals surface area contributed by atoms with E-state index in [1.165, 1.54) is 12.2 Å². The Balaban J connectivity index is 4.66. The minimum Gasteiger partial charge on any atom is -0.461 e. The molecule has 0 saturated carbocycles. The zero-order valence-electron chi connectivity index (χ0n) is 10.5. The fourth-order valence-electron chi connectivity index (χ4n) is 0.964. The molecule has 8 heteroatoms. The zero-order valence-corrected chi connectivity index (χ0v) is 11.4. The van der Waals surface area contributed by atoms with Gasteiger partial charge in [0, 0.05) is 0 Å². The molecule has 0 heterocycles. The molecule has 0 aliphatic carbocycles. The zero-order chi connectivity index (χ0) is 14.9. The maximum atomic E-state index is 11.5. The average Bonchev–Trinajstić information content (AvgIpc) is 2.30. The van der Waals surface area contributed by atoms with Gasteiger partial charge in [0.05, 0.1) is 12.7 Å². The highest BCUT2D eigenvalue weighted by atomic mass is 32.2. The summed E-state index contributed by atoms with van der Waals surface area (Å²) in [6.07, 6.45) is 1.24. The Morgan fingerprint density at radius 1 is 1.16 bits per heavy atom. The number of hydrogen-bond donors (Lipinski definition) is 0. The van der Waals surface area contributed by atoms with Gasteiger partial charge in [-0.05, 0) is 0 Å². The van der Waals surface area contributed by atoms with Crippen LogP contribution >= 0.6 is 0 Å². The quantitative estimate of drug-likeness (QED) is 0.340. The van der Waals surface area contributed by atoms with Gasteiger partial charge in [-0.2, -0.15) is 8.42 Å². The van der Waals surface area contributed by atoms with Crippen molar-refractivity contribution in [3.8, 4) is 0 Å². The number of carbonyl (C=O) groups excluding carboxylic acids is 2.